The first-order valence-electron chi connectivity index (χ1n) is 3.08. The van der Waals surface area contributed by atoms with Crippen LogP contribution in [0.2, 0.25) is 0 Å². The van der Waals surface area contributed by atoms with Crippen molar-refractivity contribution in [2.75, 3.05) is 6.61 Å². The summed E-state index contributed by atoms with van der Waals surface area (Å²) in [5.74, 6) is 0.255. The molecule has 1 rings (SSSR count). The van der Waals surface area contributed by atoms with Crippen molar-refractivity contribution in [3.63, 3.8) is 0 Å². The third-order valence-electron chi connectivity index (χ3n) is 1.74. The van der Waals surface area contributed by atoms with Crippen molar-refractivity contribution in [1.29, 1.82) is 0 Å². The van der Waals surface area contributed by atoms with Gasteiger partial charge in [-0.25, -0.2) is 4.39 Å². The summed E-state index contributed by atoms with van der Waals surface area (Å²) in [7, 11) is 0. The minimum absolute atomic E-state index is 0.167. The average molecular weight is 118 g/mol. The van der Waals surface area contributed by atoms with Crippen molar-refractivity contribution in [2.45, 2.75) is 25.4 Å². The van der Waals surface area contributed by atoms with Crippen LogP contribution in [0.25, 0.3) is 0 Å². The quantitative estimate of drug-likeness (QED) is 0.547. The maximum Gasteiger partial charge on any atom is 0.100 e. The summed E-state index contributed by atoms with van der Waals surface area (Å²) in [6.45, 7) is 0.167. The van der Waals surface area contributed by atoms with Crippen molar-refractivity contribution in [2.24, 2.45) is 5.92 Å². The molecule has 1 aliphatic carbocycles. The van der Waals surface area contributed by atoms with Gasteiger partial charge in [0.15, 0.2) is 0 Å². The molecule has 1 N–H and O–H groups in total. The van der Waals surface area contributed by atoms with Gasteiger partial charge in [-0.2, -0.15) is 0 Å². The second-order valence-corrected chi connectivity index (χ2v) is 2.46. The lowest BCUT2D eigenvalue weighted by Crippen LogP contribution is -2.00. The zero-order valence-electron chi connectivity index (χ0n) is 4.81. The lowest BCUT2D eigenvalue weighted by molar-refractivity contribution is 0.219. The van der Waals surface area contributed by atoms with Gasteiger partial charge in [0.1, 0.15) is 6.17 Å². The highest BCUT2D eigenvalue weighted by molar-refractivity contribution is 4.73. The first kappa shape index (κ1) is 6.02. The number of aliphatic hydroxyl groups is 1. The minimum Gasteiger partial charge on any atom is -0.396 e. The molecule has 48 valence electrons. The van der Waals surface area contributed by atoms with E-state index < -0.39 is 6.17 Å². The van der Waals surface area contributed by atoms with Gasteiger partial charge in [0.2, 0.25) is 0 Å². The highest BCUT2D eigenvalue weighted by Gasteiger charge is 2.22. The van der Waals surface area contributed by atoms with E-state index in [9.17, 15) is 4.39 Å². The molecule has 1 aliphatic rings. The minimum atomic E-state index is -0.632. The van der Waals surface area contributed by atoms with Crippen molar-refractivity contribution in [3.8, 4) is 0 Å². The Kier molecular flexibility index (Phi) is 1.84. The van der Waals surface area contributed by atoms with Crippen LogP contribution in [0.4, 0.5) is 4.39 Å². The number of hydrogen-bond acceptors (Lipinski definition) is 1. The Morgan fingerprint density at radius 3 is 2.50 bits per heavy atom. The molecule has 0 bridgehead atoms. The largest absolute Gasteiger partial charge is 0.396 e. The summed E-state index contributed by atoms with van der Waals surface area (Å²) in [6.07, 6.45) is 1.48. The van der Waals surface area contributed by atoms with E-state index in [1.807, 2.05) is 0 Å². The molecule has 0 aliphatic heterocycles. The van der Waals surface area contributed by atoms with Gasteiger partial charge >= 0.3 is 0 Å². The Labute approximate surface area is 48.5 Å². The van der Waals surface area contributed by atoms with Crippen LogP contribution in [0.1, 0.15) is 19.3 Å². The van der Waals surface area contributed by atoms with Crippen molar-refractivity contribution in [3.05, 3.63) is 0 Å². The molecule has 0 saturated heterocycles. The molecule has 1 fully saturated rings. The Balaban J connectivity index is 2.22. The van der Waals surface area contributed by atoms with Crippen LogP contribution in [-0.4, -0.2) is 17.9 Å². The number of aliphatic hydroxyl groups excluding tert-OH is 1. The highest BCUT2D eigenvalue weighted by Crippen LogP contribution is 2.26. The molecular weight excluding hydrogens is 107 g/mol. The van der Waals surface area contributed by atoms with E-state index in [0.29, 0.717) is 12.8 Å². The predicted octanol–water partition coefficient (Wildman–Crippen LogP) is 1.12. The van der Waals surface area contributed by atoms with Crippen LogP contribution >= 0.6 is 0 Å². The van der Waals surface area contributed by atoms with Crippen LogP contribution < -0.4 is 0 Å². The van der Waals surface area contributed by atoms with Gasteiger partial charge in [-0.15, -0.1) is 0 Å². The monoisotopic (exact) mass is 118 g/mol. The zero-order chi connectivity index (χ0) is 5.98. The van der Waals surface area contributed by atoms with E-state index >= 15 is 0 Å². The van der Waals surface area contributed by atoms with Crippen LogP contribution in [0.3, 0.4) is 0 Å². The average Bonchev–Trinajstić information content (AvgIpc) is 2.14. The fourth-order valence-electron chi connectivity index (χ4n) is 1.18. The molecule has 1 saturated carbocycles. The molecule has 0 aromatic rings. The lowest BCUT2D eigenvalue weighted by atomic mass is 10.1. The standard InChI is InChI=1S/C6H11FO/c7-6-2-1-5(3-6)4-8/h5-6,8H,1-4H2/t5?,6-/m1/s1. The first-order valence-corrected chi connectivity index (χ1v) is 3.08. The van der Waals surface area contributed by atoms with Gasteiger partial charge in [0.25, 0.3) is 0 Å². The van der Waals surface area contributed by atoms with Crippen LogP contribution in [-0.2, 0) is 0 Å². The molecule has 0 heterocycles. The summed E-state index contributed by atoms with van der Waals surface area (Å²) in [6, 6.07) is 0. The van der Waals surface area contributed by atoms with Gasteiger partial charge in [-0.3, -0.25) is 0 Å². The van der Waals surface area contributed by atoms with Gasteiger partial charge in [-0.05, 0) is 25.2 Å². The number of rotatable bonds is 1. The summed E-state index contributed by atoms with van der Waals surface area (Å²) in [4.78, 5) is 0. The summed E-state index contributed by atoms with van der Waals surface area (Å²) >= 11 is 0. The molecule has 1 nitrogen and oxygen atoms in total. The van der Waals surface area contributed by atoms with Crippen molar-refractivity contribution < 1.29 is 9.50 Å². The summed E-state index contributed by atoms with van der Waals surface area (Å²) in [5.41, 5.74) is 0. The molecule has 0 aromatic heterocycles. The molecule has 0 spiro atoms. The van der Waals surface area contributed by atoms with Crippen LogP contribution in [0, 0.1) is 5.92 Å². The molecule has 8 heavy (non-hydrogen) atoms. The molecule has 1 unspecified atom stereocenters. The molecule has 0 radical (unpaired) electrons. The predicted molar refractivity (Wildman–Crippen MR) is 29.3 cm³/mol. The van der Waals surface area contributed by atoms with E-state index in [-0.39, 0.29) is 12.5 Å². The maximum absolute atomic E-state index is 12.2. The third kappa shape index (κ3) is 1.19. The number of alkyl halides is 1. The highest BCUT2D eigenvalue weighted by atomic mass is 19.1. The lowest BCUT2D eigenvalue weighted by Gasteiger charge is -1.99. The van der Waals surface area contributed by atoms with E-state index in [1.54, 1.807) is 0 Å². The van der Waals surface area contributed by atoms with Gasteiger partial charge in [-0.1, -0.05) is 0 Å². The summed E-state index contributed by atoms with van der Waals surface area (Å²) < 4.78 is 12.2. The Morgan fingerprint density at radius 1 is 1.50 bits per heavy atom. The topological polar surface area (TPSA) is 20.2 Å². The van der Waals surface area contributed by atoms with Gasteiger partial charge < -0.3 is 5.11 Å². The SMILES string of the molecule is OCC1CC[C@@H](F)C1. The van der Waals surface area contributed by atoms with E-state index in [0.717, 1.165) is 6.42 Å². The maximum atomic E-state index is 12.2. The van der Waals surface area contributed by atoms with E-state index in [4.69, 9.17) is 5.11 Å². The molecule has 2 heteroatoms. The Hall–Kier alpha value is -0.110. The first-order chi connectivity index (χ1) is 3.83. The normalized spacial score (nSPS) is 38.2. The smallest absolute Gasteiger partial charge is 0.100 e. The molecule has 2 atom stereocenters. The van der Waals surface area contributed by atoms with Crippen LogP contribution in [0.5, 0.6) is 0 Å². The van der Waals surface area contributed by atoms with Crippen LogP contribution in [0.15, 0.2) is 0 Å². The number of halogens is 1. The molecule has 0 amide bonds. The second-order valence-electron chi connectivity index (χ2n) is 2.46. The van der Waals surface area contributed by atoms with Gasteiger partial charge in [0, 0.05) is 6.61 Å². The third-order valence-corrected chi connectivity index (χ3v) is 1.74. The van der Waals surface area contributed by atoms with E-state index in [1.165, 1.54) is 0 Å². The second kappa shape index (κ2) is 2.44. The molecule has 0 aromatic carbocycles. The van der Waals surface area contributed by atoms with Crippen molar-refractivity contribution >= 4 is 0 Å². The fourth-order valence-corrected chi connectivity index (χ4v) is 1.18. The van der Waals surface area contributed by atoms with E-state index in [2.05, 4.69) is 0 Å². The Bertz CT molecular complexity index is 74.9. The Morgan fingerprint density at radius 2 is 2.25 bits per heavy atom. The zero-order valence-corrected chi connectivity index (χ0v) is 4.81. The fraction of sp³-hybridized carbons (Fsp3) is 1.00. The summed E-state index contributed by atoms with van der Waals surface area (Å²) in [5, 5.41) is 8.52. The van der Waals surface area contributed by atoms with Crippen molar-refractivity contribution in [1.82, 2.24) is 0 Å². The number of hydrogen-bond donors (Lipinski definition) is 1. The molecular formula is C6H11FO. The van der Waals surface area contributed by atoms with Gasteiger partial charge in [0.05, 0.1) is 0 Å².